The molecular weight excluding hydrogens is 266 g/mol. The number of ether oxygens (including phenoxy) is 1. The van der Waals surface area contributed by atoms with Crippen LogP contribution in [0.2, 0.25) is 0 Å². The SMILES string of the molecule is CCCOc1ccc(C(C)N[C@@H](C)c2cccs2)cc1. The molecule has 1 unspecified atom stereocenters. The zero-order chi connectivity index (χ0) is 14.4. The van der Waals surface area contributed by atoms with Gasteiger partial charge in [-0.05, 0) is 49.4 Å². The molecule has 1 aromatic heterocycles. The molecular formula is C17H23NOS. The highest BCUT2D eigenvalue weighted by atomic mass is 32.1. The first-order valence-electron chi connectivity index (χ1n) is 7.23. The molecule has 0 aliphatic rings. The third-order valence-electron chi connectivity index (χ3n) is 3.32. The van der Waals surface area contributed by atoms with E-state index in [0.717, 1.165) is 18.8 Å². The van der Waals surface area contributed by atoms with Crippen LogP contribution in [0.15, 0.2) is 41.8 Å². The molecule has 0 aliphatic heterocycles. The fourth-order valence-electron chi connectivity index (χ4n) is 2.16. The van der Waals surface area contributed by atoms with Gasteiger partial charge in [-0.15, -0.1) is 11.3 Å². The molecule has 3 heteroatoms. The van der Waals surface area contributed by atoms with Crippen LogP contribution in [0, 0.1) is 0 Å². The number of hydrogen-bond acceptors (Lipinski definition) is 3. The number of thiophene rings is 1. The van der Waals surface area contributed by atoms with E-state index in [1.807, 2.05) is 0 Å². The van der Waals surface area contributed by atoms with E-state index >= 15 is 0 Å². The molecule has 108 valence electrons. The number of benzene rings is 1. The Morgan fingerprint density at radius 2 is 1.85 bits per heavy atom. The van der Waals surface area contributed by atoms with E-state index in [4.69, 9.17) is 4.74 Å². The number of hydrogen-bond donors (Lipinski definition) is 1. The standard InChI is InChI=1S/C17H23NOS/c1-4-11-19-16-9-7-15(8-10-16)13(2)18-14(3)17-6-5-12-20-17/h5-10,12-14,18H,4,11H2,1-3H3/t13?,14-/m0/s1. The molecule has 0 amide bonds. The molecule has 0 saturated carbocycles. The summed E-state index contributed by atoms with van der Waals surface area (Å²) < 4.78 is 5.61. The van der Waals surface area contributed by atoms with Crippen molar-refractivity contribution in [2.24, 2.45) is 0 Å². The highest BCUT2D eigenvalue weighted by Gasteiger charge is 2.11. The monoisotopic (exact) mass is 289 g/mol. The lowest BCUT2D eigenvalue weighted by Gasteiger charge is -2.19. The molecule has 0 saturated heterocycles. The van der Waals surface area contributed by atoms with Gasteiger partial charge < -0.3 is 10.1 Å². The first-order valence-corrected chi connectivity index (χ1v) is 8.11. The first-order chi connectivity index (χ1) is 9.70. The van der Waals surface area contributed by atoms with Crippen molar-refractivity contribution < 1.29 is 4.74 Å². The van der Waals surface area contributed by atoms with Gasteiger partial charge in [0.15, 0.2) is 0 Å². The summed E-state index contributed by atoms with van der Waals surface area (Å²) in [7, 11) is 0. The van der Waals surface area contributed by atoms with Crippen LogP contribution < -0.4 is 10.1 Å². The summed E-state index contributed by atoms with van der Waals surface area (Å²) >= 11 is 1.80. The zero-order valence-electron chi connectivity index (χ0n) is 12.4. The van der Waals surface area contributed by atoms with Gasteiger partial charge in [0.1, 0.15) is 5.75 Å². The molecule has 0 fully saturated rings. The average molecular weight is 289 g/mol. The Balaban J connectivity index is 1.93. The van der Waals surface area contributed by atoms with Crippen molar-refractivity contribution in [2.45, 2.75) is 39.3 Å². The van der Waals surface area contributed by atoms with E-state index in [1.165, 1.54) is 10.4 Å². The van der Waals surface area contributed by atoms with Crippen molar-refractivity contribution in [2.75, 3.05) is 6.61 Å². The second-order valence-corrected chi connectivity index (χ2v) is 6.02. The third kappa shape index (κ3) is 4.09. The van der Waals surface area contributed by atoms with E-state index in [-0.39, 0.29) is 0 Å². The third-order valence-corrected chi connectivity index (χ3v) is 4.38. The fourth-order valence-corrected chi connectivity index (χ4v) is 2.91. The van der Waals surface area contributed by atoms with Crippen molar-refractivity contribution in [1.29, 1.82) is 0 Å². The van der Waals surface area contributed by atoms with Gasteiger partial charge in [-0.1, -0.05) is 25.1 Å². The molecule has 2 rings (SSSR count). The van der Waals surface area contributed by atoms with Crippen LogP contribution in [0.3, 0.4) is 0 Å². The van der Waals surface area contributed by atoms with Crippen LogP contribution in [-0.4, -0.2) is 6.61 Å². The Morgan fingerprint density at radius 3 is 2.45 bits per heavy atom. The van der Waals surface area contributed by atoms with Crippen LogP contribution in [0.5, 0.6) is 5.75 Å². The summed E-state index contributed by atoms with van der Waals surface area (Å²) in [5, 5.41) is 5.75. The highest BCUT2D eigenvalue weighted by molar-refractivity contribution is 7.10. The molecule has 2 aromatic rings. The zero-order valence-corrected chi connectivity index (χ0v) is 13.2. The van der Waals surface area contributed by atoms with Gasteiger partial charge in [-0.2, -0.15) is 0 Å². The molecule has 0 bridgehead atoms. The molecule has 0 aliphatic carbocycles. The second kappa shape index (κ2) is 7.46. The Bertz CT molecular complexity index is 492. The summed E-state index contributed by atoms with van der Waals surface area (Å²) in [6.45, 7) is 7.31. The normalized spacial score (nSPS) is 13.9. The summed E-state index contributed by atoms with van der Waals surface area (Å²) in [6, 6.07) is 13.4. The van der Waals surface area contributed by atoms with Crippen molar-refractivity contribution in [1.82, 2.24) is 5.32 Å². The van der Waals surface area contributed by atoms with Gasteiger partial charge >= 0.3 is 0 Å². The average Bonchev–Trinajstić information content (AvgIpc) is 3.00. The van der Waals surface area contributed by atoms with E-state index in [1.54, 1.807) is 11.3 Å². The van der Waals surface area contributed by atoms with E-state index < -0.39 is 0 Å². The van der Waals surface area contributed by atoms with Gasteiger partial charge in [-0.3, -0.25) is 0 Å². The number of nitrogens with one attached hydrogen (secondary N) is 1. The minimum Gasteiger partial charge on any atom is -0.494 e. The van der Waals surface area contributed by atoms with Crippen LogP contribution in [0.25, 0.3) is 0 Å². The first kappa shape index (κ1) is 15.1. The van der Waals surface area contributed by atoms with Crippen molar-refractivity contribution >= 4 is 11.3 Å². The van der Waals surface area contributed by atoms with Gasteiger partial charge in [-0.25, -0.2) is 0 Å². The fraction of sp³-hybridized carbons (Fsp3) is 0.412. The Morgan fingerprint density at radius 1 is 1.10 bits per heavy atom. The highest BCUT2D eigenvalue weighted by Crippen LogP contribution is 2.23. The number of rotatable bonds is 7. The molecule has 2 nitrogen and oxygen atoms in total. The maximum Gasteiger partial charge on any atom is 0.119 e. The molecule has 0 spiro atoms. The molecule has 1 N–H and O–H groups in total. The van der Waals surface area contributed by atoms with Gasteiger partial charge in [0.05, 0.1) is 6.61 Å². The Hall–Kier alpha value is -1.32. The predicted molar refractivity (Wildman–Crippen MR) is 86.5 cm³/mol. The van der Waals surface area contributed by atoms with Crippen molar-refractivity contribution in [3.63, 3.8) is 0 Å². The van der Waals surface area contributed by atoms with Gasteiger partial charge in [0.25, 0.3) is 0 Å². The largest absolute Gasteiger partial charge is 0.494 e. The molecule has 1 heterocycles. The lowest BCUT2D eigenvalue weighted by molar-refractivity contribution is 0.317. The van der Waals surface area contributed by atoms with Crippen LogP contribution in [0.4, 0.5) is 0 Å². The lowest BCUT2D eigenvalue weighted by Crippen LogP contribution is -2.21. The quantitative estimate of drug-likeness (QED) is 0.778. The smallest absolute Gasteiger partial charge is 0.119 e. The predicted octanol–water partition coefficient (Wildman–Crippen LogP) is 4.95. The van der Waals surface area contributed by atoms with Crippen LogP contribution in [0.1, 0.15) is 49.7 Å². The molecule has 1 aromatic carbocycles. The lowest BCUT2D eigenvalue weighted by atomic mass is 10.1. The molecule has 2 atom stereocenters. The van der Waals surface area contributed by atoms with E-state index in [9.17, 15) is 0 Å². The summed E-state index contributed by atoms with van der Waals surface area (Å²) in [5.41, 5.74) is 1.29. The van der Waals surface area contributed by atoms with Crippen LogP contribution in [-0.2, 0) is 0 Å². The molecule has 20 heavy (non-hydrogen) atoms. The van der Waals surface area contributed by atoms with Crippen molar-refractivity contribution in [3.8, 4) is 5.75 Å². The maximum absolute atomic E-state index is 5.61. The minimum atomic E-state index is 0.326. The van der Waals surface area contributed by atoms with E-state index in [2.05, 4.69) is 67.9 Å². The Labute approximate surface area is 125 Å². The molecule has 0 radical (unpaired) electrons. The summed E-state index contributed by atoms with van der Waals surface area (Å²) in [6.07, 6.45) is 1.04. The summed E-state index contributed by atoms with van der Waals surface area (Å²) in [5.74, 6) is 0.953. The van der Waals surface area contributed by atoms with Gasteiger partial charge in [0, 0.05) is 17.0 Å². The Kier molecular flexibility index (Phi) is 5.62. The maximum atomic E-state index is 5.61. The summed E-state index contributed by atoms with van der Waals surface area (Å²) in [4.78, 5) is 1.37. The van der Waals surface area contributed by atoms with Crippen molar-refractivity contribution in [3.05, 3.63) is 52.2 Å². The minimum absolute atomic E-state index is 0.326. The topological polar surface area (TPSA) is 21.3 Å². The van der Waals surface area contributed by atoms with Gasteiger partial charge in [0.2, 0.25) is 0 Å². The second-order valence-electron chi connectivity index (χ2n) is 5.04. The van der Waals surface area contributed by atoms with E-state index in [0.29, 0.717) is 12.1 Å². The van der Waals surface area contributed by atoms with Crippen LogP contribution >= 0.6 is 11.3 Å².